The Hall–Kier alpha value is -4.44. The lowest BCUT2D eigenvalue weighted by atomic mass is 9.88. The normalized spacial score (nSPS) is 12.7. The van der Waals surface area contributed by atoms with E-state index in [1.54, 1.807) is 17.4 Å². The number of carboxylic acid groups (broad SMARTS) is 1. The molecule has 6 heteroatoms. The van der Waals surface area contributed by atoms with Crippen LogP contribution in [0.3, 0.4) is 0 Å². The van der Waals surface area contributed by atoms with Crippen LogP contribution in [-0.2, 0) is 4.79 Å². The largest absolute Gasteiger partial charge is 0.477 e. The van der Waals surface area contributed by atoms with Crippen molar-refractivity contribution >= 4 is 67.1 Å². The molecule has 0 amide bonds. The number of anilines is 2. The summed E-state index contributed by atoms with van der Waals surface area (Å²) in [5, 5.41) is 18.2. The number of unbranched alkanes of at least 4 members (excludes halogenated alkanes) is 1. The van der Waals surface area contributed by atoms with E-state index in [9.17, 15) is 4.79 Å². The number of aliphatic carboxylic acids is 1. The summed E-state index contributed by atoms with van der Waals surface area (Å²) in [7, 11) is 0. The Morgan fingerprint density at radius 1 is 0.925 bits per heavy atom. The van der Waals surface area contributed by atoms with Gasteiger partial charge in [0, 0.05) is 48.2 Å². The van der Waals surface area contributed by atoms with Crippen molar-refractivity contribution in [1.29, 1.82) is 5.26 Å². The molecule has 0 radical (unpaired) electrons. The van der Waals surface area contributed by atoms with E-state index in [0.717, 1.165) is 49.7 Å². The summed E-state index contributed by atoms with van der Waals surface area (Å²) in [6, 6.07) is 31.9. The Morgan fingerprint density at radius 3 is 2.17 bits per heavy atom. The van der Waals surface area contributed by atoms with Crippen LogP contribution in [0.5, 0.6) is 0 Å². The fourth-order valence-corrected chi connectivity index (χ4v) is 7.48. The smallest absolute Gasteiger partial charge is 0.346 e. The standard InChI is InChI=1S/C34H26N2O2S2/c1-2-3-16-36-29-10-6-4-8-26(29)28(27-9-5-7-11-30(27)36)17-22-12-14-23(15-13-22)31-20-33-32(40-31)19-25(39-33)18-24(21-35)34(37)38/h4-15,17-20H,2-3,16H2,1H3,(H,37,38)/b24-18-. The van der Waals surface area contributed by atoms with E-state index in [0.29, 0.717) is 0 Å². The Balaban J connectivity index is 1.32. The minimum Gasteiger partial charge on any atom is -0.477 e. The first-order valence-corrected chi connectivity index (χ1v) is 14.9. The molecule has 6 rings (SSSR count). The maximum Gasteiger partial charge on any atom is 0.346 e. The first-order chi connectivity index (χ1) is 19.6. The molecule has 0 saturated heterocycles. The number of fused-ring (bicyclic) bond motifs is 3. The fraction of sp³-hybridized carbons (Fsp3) is 0.118. The molecule has 0 fully saturated rings. The zero-order chi connectivity index (χ0) is 27.6. The van der Waals surface area contributed by atoms with Crippen molar-refractivity contribution in [3.8, 4) is 16.5 Å². The van der Waals surface area contributed by atoms with Crippen LogP contribution >= 0.6 is 22.7 Å². The topological polar surface area (TPSA) is 64.3 Å². The molecule has 4 nitrogen and oxygen atoms in total. The predicted molar refractivity (Wildman–Crippen MR) is 168 cm³/mol. The minimum absolute atomic E-state index is 0.254. The molecule has 0 saturated carbocycles. The summed E-state index contributed by atoms with van der Waals surface area (Å²) >= 11 is 3.17. The number of thiophene rings is 2. The molecular weight excluding hydrogens is 533 g/mol. The van der Waals surface area contributed by atoms with E-state index in [-0.39, 0.29) is 5.57 Å². The van der Waals surface area contributed by atoms with Gasteiger partial charge in [-0.2, -0.15) is 5.26 Å². The maximum absolute atomic E-state index is 11.2. The summed E-state index contributed by atoms with van der Waals surface area (Å²) in [5.74, 6) is -1.20. The highest BCUT2D eigenvalue weighted by Crippen LogP contribution is 2.46. The van der Waals surface area contributed by atoms with Gasteiger partial charge >= 0.3 is 5.97 Å². The van der Waals surface area contributed by atoms with Gasteiger partial charge in [-0.05, 0) is 59.5 Å². The van der Waals surface area contributed by atoms with Gasteiger partial charge in [0.1, 0.15) is 11.6 Å². The SMILES string of the molecule is CCCCN1c2ccccc2C(=Cc2ccc(-c3cc4sc(/C=C(/C#N)C(=O)O)cc4s3)cc2)c2ccccc21. The molecule has 1 aliphatic heterocycles. The van der Waals surface area contributed by atoms with Crippen LogP contribution < -0.4 is 4.90 Å². The molecule has 0 aliphatic carbocycles. The zero-order valence-electron chi connectivity index (χ0n) is 21.9. The Labute approximate surface area is 241 Å². The zero-order valence-corrected chi connectivity index (χ0v) is 23.6. The van der Waals surface area contributed by atoms with Gasteiger partial charge in [-0.25, -0.2) is 4.79 Å². The number of hydrogen-bond donors (Lipinski definition) is 1. The number of para-hydroxylation sites is 2. The van der Waals surface area contributed by atoms with Crippen LogP contribution in [-0.4, -0.2) is 17.6 Å². The summed E-state index contributed by atoms with van der Waals surface area (Å²) in [6.45, 7) is 3.24. The second-order valence-electron chi connectivity index (χ2n) is 9.68. The van der Waals surface area contributed by atoms with Gasteiger partial charge in [-0.1, -0.05) is 74.0 Å². The Kier molecular flexibility index (Phi) is 7.08. The monoisotopic (exact) mass is 558 g/mol. The van der Waals surface area contributed by atoms with Gasteiger partial charge in [0.25, 0.3) is 0 Å². The number of nitrogens with zero attached hydrogens (tertiary/aromatic N) is 2. The van der Waals surface area contributed by atoms with Crippen LogP contribution in [0.25, 0.3) is 37.6 Å². The highest BCUT2D eigenvalue weighted by Gasteiger charge is 2.25. The number of hydrogen-bond acceptors (Lipinski definition) is 5. The van der Waals surface area contributed by atoms with Gasteiger partial charge in [0.2, 0.25) is 0 Å². The molecule has 0 unspecified atom stereocenters. The molecule has 2 aromatic heterocycles. The third kappa shape index (κ3) is 4.86. The summed E-state index contributed by atoms with van der Waals surface area (Å²) in [6.07, 6.45) is 6.03. The van der Waals surface area contributed by atoms with E-state index >= 15 is 0 Å². The molecule has 3 aromatic carbocycles. The summed E-state index contributed by atoms with van der Waals surface area (Å²) in [4.78, 5) is 15.6. The van der Waals surface area contributed by atoms with E-state index in [1.807, 2.05) is 6.07 Å². The number of rotatable bonds is 7. The second kappa shape index (κ2) is 11.0. The third-order valence-corrected chi connectivity index (χ3v) is 9.36. The fourth-order valence-electron chi connectivity index (χ4n) is 5.12. The number of nitriles is 1. The highest BCUT2D eigenvalue weighted by atomic mass is 32.1. The lowest BCUT2D eigenvalue weighted by molar-refractivity contribution is -0.132. The van der Waals surface area contributed by atoms with Crippen molar-refractivity contribution in [2.75, 3.05) is 11.4 Å². The lowest BCUT2D eigenvalue weighted by Gasteiger charge is -2.35. The molecule has 5 aromatic rings. The highest BCUT2D eigenvalue weighted by molar-refractivity contribution is 7.29. The van der Waals surface area contributed by atoms with E-state index < -0.39 is 5.97 Å². The van der Waals surface area contributed by atoms with Crippen molar-refractivity contribution in [1.82, 2.24) is 0 Å². The third-order valence-electron chi connectivity index (χ3n) is 7.08. The van der Waals surface area contributed by atoms with Crippen molar-refractivity contribution in [2.24, 2.45) is 0 Å². The van der Waals surface area contributed by atoms with Gasteiger partial charge in [0.05, 0.1) is 0 Å². The van der Waals surface area contributed by atoms with Crippen LogP contribution in [0.1, 0.15) is 41.3 Å². The van der Waals surface area contributed by atoms with Crippen molar-refractivity contribution in [3.05, 3.63) is 112 Å². The van der Waals surface area contributed by atoms with Crippen LogP contribution in [0.4, 0.5) is 11.4 Å². The first kappa shape index (κ1) is 25.8. The van der Waals surface area contributed by atoms with Gasteiger partial charge in [-0.3, -0.25) is 0 Å². The molecule has 1 N–H and O–H groups in total. The summed E-state index contributed by atoms with van der Waals surface area (Å²) in [5.41, 5.74) is 8.31. The van der Waals surface area contributed by atoms with Gasteiger partial charge in [0.15, 0.2) is 0 Å². The minimum atomic E-state index is -1.20. The predicted octanol–water partition coefficient (Wildman–Crippen LogP) is 9.46. The molecule has 0 spiro atoms. The van der Waals surface area contributed by atoms with E-state index in [2.05, 4.69) is 96.8 Å². The lowest BCUT2D eigenvalue weighted by Crippen LogP contribution is -2.24. The molecule has 40 heavy (non-hydrogen) atoms. The molecule has 1 aliphatic rings. The average molecular weight is 559 g/mol. The second-order valence-corrected chi connectivity index (χ2v) is 11.9. The Morgan fingerprint density at radius 2 is 1.57 bits per heavy atom. The number of carboxylic acids is 1. The van der Waals surface area contributed by atoms with Crippen molar-refractivity contribution in [2.45, 2.75) is 19.8 Å². The molecule has 196 valence electrons. The van der Waals surface area contributed by atoms with Gasteiger partial charge in [-0.15, -0.1) is 22.7 Å². The molecule has 0 atom stereocenters. The first-order valence-electron chi connectivity index (χ1n) is 13.2. The van der Waals surface area contributed by atoms with Crippen LogP contribution in [0.2, 0.25) is 0 Å². The maximum atomic E-state index is 11.2. The van der Waals surface area contributed by atoms with Crippen LogP contribution in [0.15, 0.2) is 90.5 Å². The average Bonchev–Trinajstić information content (AvgIpc) is 3.55. The van der Waals surface area contributed by atoms with Crippen molar-refractivity contribution in [3.63, 3.8) is 0 Å². The van der Waals surface area contributed by atoms with E-state index in [4.69, 9.17) is 10.4 Å². The van der Waals surface area contributed by atoms with E-state index in [1.165, 1.54) is 45.5 Å². The van der Waals surface area contributed by atoms with Crippen LogP contribution in [0, 0.1) is 11.3 Å². The van der Waals surface area contributed by atoms with Crippen molar-refractivity contribution < 1.29 is 9.90 Å². The summed E-state index contributed by atoms with van der Waals surface area (Å²) < 4.78 is 2.17. The number of benzene rings is 3. The molecule has 0 bridgehead atoms. The van der Waals surface area contributed by atoms with Gasteiger partial charge < -0.3 is 10.0 Å². The molecular formula is C34H26N2O2S2. The number of carbonyl (C=O) groups is 1. The quantitative estimate of drug-likeness (QED) is 0.160. The molecule has 3 heterocycles. The Bertz CT molecular complexity index is 1750.